The van der Waals surface area contributed by atoms with E-state index >= 15 is 0 Å². The number of benzene rings is 3. The molecular weight excluding hydrogens is 366 g/mol. The lowest BCUT2D eigenvalue weighted by molar-refractivity contribution is -0.122. The number of halogens is 1. The molecule has 1 atom stereocenters. The van der Waals surface area contributed by atoms with Gasteiger partial charge in [0.2, 0.25) is 0 Å². The first-order valence-electron chi connectivity index (χ1n) is 8.32. The van der Waals surface area contributed by atoms with Crippen LogP contribution in [0.15, 0.2) is 60.7 Å². The summed E-state index contributed by atoms with van der Waals surface area (Å²) in [5, 5.41) is 5.11. The largest absolute Gasteiger partial charge is 0.481 e. The SMILES string of the molecule is COC(=O)c1ccc(Cl)c(NC(=O)C(C)Oc2ccc3ccccc3c2)c1. The number of rotatable bonds is 5. The number of ether oxygens (including phenoxy) is 2. The molecule has 5 nitrogen and oxygen atoms in total. The second kappa shape index (κ2) is 8.10. The summed E-state index contributed by atoms with van der Waals surface area (Å²) >= 11 is 6.11. The first-order valence-corrected chi connectivity index (χ1v) is 8.70. The Morgan fingerprint density at radius 2 is 1.74 bits per heavy atom. The molecule has 0 aliphatic carbocycles. The molecule has 0 saturated carbocycles. The van der Waals surface area contributed by atoms with E-state index in [1.54, 1.807) is 6.92 Å². The van der Waals surface area contributed by atoms with Gasteiger partial charge in [-0.25, -0.2) is 4.79 Å². The predicted molar refractivity (Wildman–Crippen MR) is 105 cm³/mol. The molecule has 0 saturated heterocycles. The van der Waals surface area contributed by atoms with Gasteiger partial charge in [-0.15, -0.1) is 0 Å². The van der Waals surface area contributed by atoms with Crippen molar-refractivity contribution in [2.75, 3.05) is 12.4 Å². The average Bonchev–Trinajstić information content (AvgIpc) is 2.68. The van der Waals surface area contributed by atoms with Crippen LogP contribution < -0.4 is 10.1 Å². The highest BCUT2D eigenvalue weighted by Gasteiger charge is 2.17. The molecule has 0 fully saturated rings. The van der Waals surface area contributed by atoms with E-state index in [2.05, 4.69) is 10.1 Å². The summed E-state index contributed by atoms with van der Waals surface area (Å²) in [5.74, 6) is -0.305. The fraction of sp³-hybridized carbons (Fsp3) is 0.143. The van der Waals surface area contributed by atoms with Crippen molar-refractivity contribution >= 4 is 39.9 Å². The lowest BCUT2D eigenvalue weighted by Gasteiger charge is -2.16. The van der Waals surface area contributed by atoms with E-state index in [4.69, 9.17) is 16.3 Å². The van der Waals surface area contributed by atoms with Gasteiger partial charge >= 0.3 is 5.97 Å². The standard InChI is InChI=1S/C21H18ClNO4/c1-13(27-17-9-7-14-5-3-4-6-15(14)11-17)20(24)23-19-12-16(21(25)26-2)8-10-18(19)22/h3-13H,1-2H3,(H,23,24). The molecule has 3 rings (SSSR count). The highest BCUT2D eigenvalue weighted by molar-refractivity contribution is 6.33. The number of carbonyl (C=O) groups is 2. The van der Waals surface area contributed by atoms with Gasteiger partial charge in [0, 0.05) is 0 Å². The van der Waals surface area contributed by atoms with Crippen LogP contribution in [0.25, 0.3) is 10.8 Å². The van der Waals surface area contributed by atoms with Crippen molar-refractivity contribution in [1.29, 1.82) is 0 Å². The third-order valence-electron chi connectivity index (χ3n) is 4.05. The summed E-state index contributed by atoms with van der Waals surface area (Å²) in [6.45, 7) is 1.64. The van der Waals surface area contributed by atoms with Crippen molar-refractivity contribution in [3.63, 3.8) is 0 Å². The van der Waals surface area contributed by atoms with Crippen LogP contribution in [0, 0.1) is 0 Å². The summed E-state index contributed by atoms with van der Waals surface area (Å²) in [6.07, 6.45) is -0.760. The van der Waals surface area contributed by atoms with Crippen molar-refractivity contribution < 1.29 is 19.1 Å². The van der Waals surface area contributed by atoms with Crippen molar-refractivity contribution in [3.05, 3.63) is 71.2 Å². The van der Waals surface area contributed by atoms with Crippen molar-refractivity contribution in [2.45, 2.75) is 13.0 Å². The predicted octanol–water partition coefficient (Wildman–Crippen LogP) is 4.69. The lowest BCUT2D eigenvalue weighted by Crippen LogP contribution is -2.30. The van der Waals surface area contributed by atoms with E-state index in [0.29, 0.717) is 22.0 Å². The zero-order chi connectivity index (χ0) is 19.4. The fourth-order valence-corrected chi connectivity index (χ4v) is 2.76. The number of hydrogen-bond acceptors (Lipinski definition) is 4. The van der Waals surface area contributed by atoms with E-state index in [-0.39, 0.29) is 5.91 Å². The third kappa shape index (κ3) is 4.38. The van der Waals surface area contributed by atoms with Crippen LogP contribution in [-0.2, 0) is 9.53 Å². The molecular formula is C21H18ClNO4. The van der Waals surface area contributed by atoms with Gasteiger partial charge in [-0.2, -0.15) is 0 Å². The normalized spacial score (nSPS) is 11.7. The van der Waals surface area contributed by atoms with E-state index < -0.39 is 12.1 Å². The summed E-state index contributed by atoms with van der Waals surface area (Å²) in [7, 11) is 1.29. The maximum atomic E-state index is 12.5. The molecule has 0 aliphatic rings. The minimum Gasteiger partial charge on any atom is -0.481 e. The van der Waals surface area contributed by atoms with Gasteiger partial charge in [0.05, 0.1) is 23.4 Å². The molecule has 1 unspecified atom stereocenters. The Kier molecular flexibility index (Phi) is 5.62. The topological polar surface area (TPSA) is 64.6 Å². The number of carbonyl (C=O) groups excluding carboxylic acids is 2. The Morgan fingerprint density at radius 1 is 1.00 bits per heavy atom. The van der Waals surface area contributed by atoms with E-state index in [1.165, 1.54) is 25.3 Å². The summed E-state index contributed by atoms with van der Waals surface area (Å²) in [6, 6.07) is 18.0. The number of nitrogens with one attached hydrogen (secondary N) is 1. The number of esters is 1. The van der Waals surface area contributed by atoms with Crippen LogP contribution in [0.4, 0.5) is 5.69 Å². The Hall–Kier alpha value is -3.05. The minimum absolute atomic E-state index is 0.292. The fourth-order valence-electron chi connectivity index (χ4n) is 2.60. The quantitative estimate of drug-likeness (QED) is 0.649. The van der Waals surface area contributed by atoms with Gasteiger partial charge in [0.25, 0.3) is 5.91 Å². The van der Waals surface area contributed by atoms with Crippen molar-refractivity contribution in [2.24, 2.45) is 0 Å². The number of anilines is 1. The first-order chi connectivity index (χ1) is 13.0. The Bertz CT molecular complexity index is 1000. The van der Waals surface area contributed by atoms with E-state index in [9.17, 15) is 9.59 Å². The molecule has 0 aromatic heterocycles. The minimum atomic E-state index is -0.760. The van der Waals surface area contributed by atoms with E-state index in [1.807, 2.05) is 42.5 Å². The second-order valence-corrected chi connectivity index (χ2v) is 6.35. The zero-order valence-corrected chi connectivity index (χ0v) is 15.6. The van der Waals surface area contributed by atoms with Gasteiger partial charge in [-0.05, 0) is 48.0 Å². The number of hydrogen-bond donors (Lipinski definition) is 1. The number of fused-ring (bicyclic) bond motifs is 1. The smallest absolute Gasteiger partial charge is 0.337 e. The Balaban J connectivity index is 1.72. The lowest BCUT2D eigenvalue weighted by atomic mass is 10.1. The van der Waals surface area contributed by atoms with Crippen molar-refractivity contribution in [3.8, 4) is 5.75 Å². The molecule has 0 heterocycles. The van der Waals surface area contributed by atoms with Crippen LogP contribution in [0.1, 0.15) is 17.3 Å². The van der Waals surface area contributed by atoms with Gasteiger partial charge < -0.3 is 14.8 Å². The Labute approximate surface area is 161 Å². The molecule has 0 radical (unpaired) electrons. The number of amides is 1. The molecule has 138 valence electrons. The molecule has 3 aromatic carbocycles. The van der Waals surface area contributed by atoms with Gasteiger partial charge in [0.1, 0.15) is 5.75 Å². The third-order valence-corrected chi connectivity index (χ3v) is 4.38. The maximum Gasteiger partial charge on any atom is 0.337 e. The molecule has 6 heteroatoms. The summed E-state index contributed by atoms with van der Waals surface area (Å²) < 4.78 is 10.4. The average molecular weight is 384 g/mol. The second-order valence-electron chi connectivity index (χ2n) is 5.94. The molecule has 1 amide bonds. The van der Waals surface area contributed by atoms with Crippen LogP contribution >= 0.6 is 11.6 Å². The molecule has 0 spiro atoms. The summed E-state index contributed by atoms with van der Waals surface area (Å²) in [5.41, 5.74) is 0.610. The van der Waals surface area contributed by atoms with Crippen molar-refractivity contribution in [1.82, 2.24) is 0 Å². The van der Waals surface area contributed by atoms with Gasteiger partial charge in [0.15, 0.2) is 6.10 Å². The monoisotopic (exact) mass is 383 g/mol. The highest BCUT2D eigenvalue weighted by Crippen LogP contribution is 2.25. The van der Waals surface area contributed by atoms with Crippen LogP contribution in [0.3, 0.4) is 0 Å². The highest BCUT2D eigenvalue weighted by atomic mass is 35.5. The first kappa shape index (κ1) is 18.7. The molecule has 3 aromatic rings. The summed E-state index contributed by atoms with van der Waals surface area (Å²) in [4.78, 5) is 24.1. The molecule has 0 bridgehead atoms. The van der Waals surface area contributed by atoms with Gasteiger partial charge in [-0.3, -0.25) is 4.79 Å². The zero-order valence-electron chi connectivity index (χ0n) is 14.9. The molecule has 27 heavy (non-hydrogen) atoms. The molecule has 1 N–H and O–H groups in total. The molecule has 0 aliphatic heterocycles. The number of methoxy groups -OCH3 is 1. The van der Waals surface area contributed by atoms with Crippen LogP contribution in [0.2, 0.25) is 5.02 Å². The van der Waals surface area contributed by atoms with Gasteiger partial charge in [-0.1, -0.05) is 41.9 Å². The van der Waals surface area contributed by atoms with E-state index in [0.717, 1.165) is 10.8 Å². The van der Waals surface area contributed by atoms with Crippen LogP contribution in [0.5, 0.6) is 5.75 Å². The Morgan fingerprint density at radius 3 is 2.48 bits per heavy atom. The van der Waals surface area contributed by atoms with Crippen LogP contribution in [-0.4, -0.2) is 25.1 Å². The maximum absolute atomic E-state index is 12.5.